The second kappa shape index (κ2) is 5.61. The fourth-order valence-corrected chi connectivity index (χ4v) is 1.69. The Morgan fingerprint density at radius 1 is 1.43 bits per heavy atom. The van der Waals surface area contributed by atoms with Crippen LogP contribution in [0, 0.1) is 0 Å². The number of hydrogen-bond donors (Lipinski definition) is 0. The Morgan fingerprint density at radius 3 is 2.71 bits per heavy atom. The molecule has 4 heteroatoms. The first-order valence-corrected chi connectivity index (χ1v) is 5.99. The summed E-state index contributed by atoms with van der Waals surface area (Å²) >= 11 is 6.42. The van der Waals surface area contributed by atoms with E-state index in [2.05, 4.69) is 31.9 Å². The highest BCUT2D eigenvalue weighted by molar-refractivity contribution is 9.10. The lowest BCUT2D eigenvalue weighted by Crippen LogP contribution is -2.04. The van der Waals surface area contributed by atoms with Crippen molar-refractivity contribution >= 4 is 37.6 Å². The predicted octanol–water partition coefficient (Wildman–Crippen LogP) is 3.43. The Morgan fingerprint density at radius 2 is 2.14 bits per heavy atom. The molecule has 1 aromatic rings. The summed E-state index contributed by atoms with van der Waals surface area (Å²) in [5.41, 5.74) is 1.44. The van der Waals surface area contributed by atoms with E-state index in [1.165, 1.54) is 0 Å². The molecule has 0 atom stereocenters. The maximum absolute atomic E-state index is 12.3. The maximum Gasteiger partial charge on any atom is 0.147 e. The van der Waals surface area contributed by atoms with Gasteiger partial charge in [-0.15, -0.1) is 0 Å². The molecule has 0 N–H and O–H groups in total. The van der Waals surface area contributed by atoms with Gasteiger partial charge in [-0.1, -0.05) is 44.0 Å². The summed E-state index contributed by atoms with van der Waals surface area (Å²) in [7, 11) is 0. The third kappa shape index (κ3) is 3.17. The zero-order valence-corrected chi connectivity index (χ0v) is 10.6. The summed E-state index contributed by atoms with van der Waals surface area (Å²) in [4.78, 5) is 11.2. The summed E-state index contributed by atoms with van der Waals surface area (Å²) in [6.45, 7) is -0.497. The third-order valence-electron chi connectivity index (χ3n) is 1.80. The molecule has 1 aromatic carbocycles. The van der Waals surface area contributed by atoms with Gasteiger partial charge in [-0.3, -0.25) is 4.79 Å². The van der Waals surface area contributed by atoms with Crippen LogP contribution in [0.5, 0.6) is 0 Å². The minimum atomic E-state index is -0.497. The molecule has 0 fully saturated rings. The van der Waals surface area contributed by atoms with Crippen LogP contribution >= 0.6 is 31.9 Å². The Kier molecular flexibility index (Phi) is 4.75. The maximum atomic E-state index is 12.3. The molecule has 0 spiro atoms. The lowest BCUT2D eigenvalue weighted by Gasteiger charge is -2.04. The molecule has 1 nitrogen and oxygen atoms in total. The van der Waals surface area contributed by atoms with Gasteiger partial charge in [-0.2, -0.15) is 0 Å². The molecule has 0 aliphatic heterocycles. The first-order valence-electron chi connectivity index (χ1n) is 4.08. The lowest BCUT2D eigenvalue weighted by molar-refractivity contribution is -0.115. The molecular formula is C10H9Br2FO. The largest absolute Gasteiger partial charge is 0.298 e. The topological polar surface area (TPSA) is 17.1 Å². The molecule has 0 radical (unpaired) electrons. The smallest absolute Gasteiger partial charge is 0.147 e. The molecule has 0 aromatic heterocycles. The van der Waals surface area contributed by atoms with Gasteiger partial charge < -0.3 is 0 Å². The average molecular weight is 324 g/mol. The first-order chi connectivity index (χ1) is 6.67. The normalized spacial score (nSPS) is 10.2. The van der Waals surface area contributed by atoms with Gasteiger partial charge in [-0.25, -0.2) is 4.39 Å². The van der Waals surface area contributed by atoms with Crippen LogP contribution in [-0.4, -0.2) is 11.1 Å². The van der Waals surface area contributed by atoms with Crippen LogP contribution in [0.25, 0.3) is 0 Å². The molecule has 0 heterocycles. The van der Waals surface area contributed by atoms with Crippen LogP contribution in [-0.2, 0) is 17.9 Å². The van der Waals surface area contributed by atoms with E-state index in [4.69, 9.17) is 0 Å². The van der Waals surface area contributed by atoms with Gasteiger partial charge in [0, 0.05) is 10.9 Å². The quantitative estimate of drug-likeness (QED) is 0.776. The molecule has 76 valence electrons. The highest BCUT2D eigenvalue weighted by Crippen LogP contribution is 2.19. The zero-order chi connectivity index (χ0) is 10.6. The number of benzene rings is 1. The van der Waals surface area contributed by atoms with Crippen molar-refractivity contribution in [2.24, 2.45) is 0 Å². The molecule has 0 aliphatic rings. The Bertz CT molecular complexity index is 339. The molecule has 0 saturated carbocycles. The number of carbonyl (C=O) groups is 1. The summed E-state index contributed by atoms with van der Waals surface area (Å²) in [6, 6.07) is 5.18. The molecule has 14 heavy (non-hydrogen) atoms. The third-order valence-corrected chi connectivity index (χ3v) is 3.20. The summed E-state index contributed by atoms with van der Waals surface area (Å²) in [5, 5.41) is 0.333. The number of ketones is 1. The molecule has 0 amide bonds. The molecule has 1 rings (SSSR count). The molecular weight excluding hydrogens is 315 g/mol. The van der Waals surface area contributed by atoms with Gasteiger partial charge in [0.15, 0.2) is 0 Å². The van der Waals surface area contributed by atoms with Crippen molar-refractivity contribution in [3.05, 3.63) is 33.8 Å². The highest BCUT2D eigenvalue weighted by atomic mass is 79.9. The minimum absolute atomic E-state index is 0.0849. The van der Waals surface area contributed by atoms with Gasteiger partial charge >= 0.3 is 0 Å². The van der Waals surface area contributed by atoms with Crippen molar-refractivity contribution in [1.29, 1.82) is 0 Å². The number of alkyl halides is 2. The SMILES string of the molecule is O=C(CBr)Cc1cc(CF)ccc1Br. The number of hydrogen-bond acceptors (Lipinski definition) is 1. The van der Waals surface area contributed by atoms with Crippen molar-refractivity contribution < 1.29 is 9.18 Å². The summed E-state index contributed by atoms with van der Waals surface area (Å²) < 4.78 is 13.2. The Labute approximate surface area is 99.0 Å². The number of carbonyl (C=O) groups excluding carboxylic acids is 1. The highest BCUT2D eigenvalue weighted by Gasteiger charge is 2.06. The Balaban J connectivity index is 2.89. The van der Waals surface area contributed by atoms with Gasteiger partial charge in [-0.05, 0) is 17.2 Å². The second-order valence-electron chi connectivity index (χ2n) is 2.91. The zero-order valence-electron chi connectivity index (χ0n) is 7.40. The second-order valence-corrected chi connectivity index (χ2v) is 4.32. The van der Waals surface area contributed by atoms with Crippen LogP contribution in [0.15, 0.2) is 22.7 Å². The first kappa shape index (κ1) is 11.9. The fraction of sp³-hybridized carbons (Fsp3) is 0.300. The van der Waals surface area contributed by atoms with Crippen molar-refractivity contribution in [2.75, 3.05) is 5.33 Å². The van der Waals surface area contributed by atoms with E-state index in [-0.39, 0.29) is 5.78 Å². The van der Waals surface area contributed by atoms with E-state index in [0.29, 0.717) is 17.3 Å². The van der Waals surface area contributed by atoms with E-state index < -0.39 is 6.67 Å². The van der Waals surface area contributed by atoms with E-state index in [0.717, 1.165) is 10.0 Å². The molecule has 0 saturated heterocycles. The van der Waals surface area contributed by atoms with Crippen LogP contribution < -0.4 is 0 Å². The molecule has 0 unspecified atom stereocenters. The minimum Gasteiger partial charge on any atom is -0.298 e. The number of halogens is 3. The summed E-state index contributed by atoms with van der Waals surface area (Å²) in [5.74, 6) is 0.0849. The predicted molar refractivity (Wildman–Crippen MR) is 61.5 cm³/mol. The van der Waals surface area contributed by atoms with Crippen molar-refractivity contribution in [3.63, 3.8) is 0 Å². The summed E-state index contributed by atoms with van der Waals surface area (Å²) in [6.07, 6.45) is 0.333. The van der Waals surface area contributed by atoms with Gasteiger partial charge in [0.2, 0.25) is 0 Å². The van der Waals surface area contributed by atoms with E-state index >= 15 is 0 Å². The van der Waals surface area contributed by atoms with E-state index in [1.807, 2.05) is 0 Å². The van der Waals surface area contributed by atoms with Crippen LogP contribution in [0.4, 0.5) is 4.39 Å². The number of Topliss-reactive ketones (excluding diaryl/α,β-unsaturated/α-hetero) is 1. The molecule has 0 bridgehead atoms. The Hall–Kier alpha value is -0.220. The average Bonchev–Trinajstić information content (AvgIpc) is 2.21. The fourth-order valence-electron chi connectivity index (χ4n) is 1.11. The van der Waals surface area contributed by atoms with E-state index in [1.54, 1.807) is 18.2 Å². The van der Waals surface area contributed by atoms with Crippen LogP contribution in [0.3, 0.4) is 0 Å². The van der Waals surface area contributed by atoms with Crippen molar-refractivity contribution in [2.45, 2.75) is 13.1 Å². The lowest BCUT2D eigenvalue weighted by atomic mass is 10.1. The van der Waals surface area contributed by atoms with Gasteiger partial charge in [0.25, 0.3) is 0 Å². The van der Waals surface area contributed by atoms with Crippen LogP contribution in [0.1, 0.15) is 11.1 Å². The van der Waals surface area contributed by atoms with Crippen LogP contribution in [0.2, 0.25) is 0 Å². The number of rotatable bonds is 4. The van der Waals surface area contributed by atoms with Gasteiger partial charge in [0.1, 0.15) is 12.5 Å². The molecule has 0 aliphatic carbocycles. The monoisotopic (exact) mass is 322 g/mol. The van der Waals surface area contributed by atoms with Gasteiger partial charge in [0.05, 0.1) is 5.33 Å². The van der Waals surface area contributed by atoms with Crippen molar-refractivity contribution in [3.8, 4) is 0 Å². The van der Waals surface area contributed by atoms with Crippen molar-refractivity contribution in [1.82, 2.24) is 0 Å². The standard InChI is InChI=1S/C10H9Br2FO/c11-5-9(14)4-8-3-7(6-13)1-2-10(8)12/h1-3H,4-6H2. The van der Waals surface area contributed by atoms with E-state index in [9.17, 15) is 9.18 Å².